The minimum absolute atomic E-state index is 0.0126. The Morgan fingerprint density at radius 3 is 2.93 bits per heavy atom. The third kappa shape index (κ3) is 4.18. The zero-order valence-electron chi connectivity index (χ0n) is 9.95. The molecule has 0 aromatic rings. The fourth-order valence-electron chi connectivity index (χ4n) is 1.88. The van der Waals surface area contributed by atoms with Gasteiger partial charge in [-0.25, -0.2) is 0 Å². The second kappa shape index (κ2) is 6.08. The first kappa shape index (κ1) is 12.5. The third-order valence-corrected chi connectivity index (χ3v) is 3.01. The highest BCUT2D eigenvalue weighted by Crippen LogP contribution is 2.14. The van der Waals surface area contributed by atoms with Crippen LogP contribution in [0.1, 0.15) is 26.7 Å². The Bertz CT molecular complexity index is 209. The maximum atomic E-state index is 11.4. The van der Waals surface area contributed by atoms with Crippen molar-refractivity contribution in [3.8, 4) is 0 Å². The summed E-state index contributed by atoms with van der Waals surface area (Å²) in [5.41, 5.74) is 0. The van der Waals surface area contributed by atoms with E-state index < -0.39 is 0 Å². The van der Waals surface area contributed by atoms with Gasteiger partial charge in [-0.05, 0) is 33.7 Å². The summed E-state index contributed by atoms with van der Waals surface area (Å²) >= 11 is 0. The van der Waals surface area contributed by atoms with Crippen LogP contribution in [-0.2, 0) is 9.53 Å². The number of nitrogens with zero attached hydrogens (tertiary/aromatic N) is 1. The molecule has 2 atom stereocenters. The van der Waals surface area contributed by atoms with Crippen LogP contribution in [0.15, 0.2) is 0 Å². The molecular weight excluding hydrogens is 192 g/mol. The largest absolute Gasteiger partial charge is 0.372 e. The minimum Gasteiger partial charge on any atom is -0.372 e. The van der Waals surface area contributed by atoms with Crippen molar-refractivity contribution in [3.05, 3.63) is 0 Å². The van der Waals surface area contributed by atoms with E-state index >= 15 is 0 Å². The van der Waals surface area contributed by atoms with Gasteiger partial charge >= 0.3 is 0 Å². The fourth-order valence-corrected chi connectivity index (χ4v) is 1.88. The Morgan fingerprint density at radius 2 is 2.33 bits per heavy atom. The Labute approximate surface area is 92.0 Å². The Hall–Kier alpha value is -0.610. The van der Waals surface area contributed by atoms with Gasteiger partial charge in [0, 0.05) is 25.2 Å². The second-order valence-corrected chi connectivity index (χ2v) is 4.26. The molecular formula is C11H22N2O2. The highest BCUT2D eigenvalue weighted by Gasteiger charge is 2.23. The lowest BCUT2D eigenvalue weighted by atomic mass is 9.99. The number of nitrogens with one attached hydrogen (secondary N) is 1. The van der Waals surface area contributed by atoms with Gasteiger partial charge in [0.1, 0.15) is 6.61 Å². The van der Waals surface area contributed by atoms with Crippen LogP contribution in [-0.4, -0.2) is 49.7 Å². The molecule has 1 heterocycles. The van der Waals surface area contributed by atoms with Gasteiger partial charge in [-0.15, -0.1) is 0 Å². The van der Waals surface area contributed by atoms with E-state index in [0.29, 0.717) is 18.7 Å². The quantitative estimate of drug-likeness (QED) is 0.746. The highest BCUT2D eigenvalue weighted by atomic mass is 16.5. The second-order valence-electron chi connectivity index (χ2n) is 4.26. The van der Waals surface area contributed by atoms with Crippen LogP contribution in [0.4, 0.5) is 0 Å². The van der Waals surface area contributed by atoms with Gasteiger partial charge in [0.25, 0.3) is 0 Å². The predicted octanol–water partition coefficient (Wildman–Crippen LogP) is 0.622. The highest BCUT2D eigenvalue weighted by molar-refractivity contribution is 5.77. The topological polar surface area (TPSA) is 41.6 Å². The predicted molar refractivity (Wildman–Crippen MR) is 59.7 cm³/mol. The van der Waals surface area contributed by atoms with Crippen molar-refractivity contribution in [1.82, 2.24) is 10.2 Å². The van der Waals surface area contributed by atoms with Crippen molar-refractivity contribution in [1.29, 1.82) is 0 Å². The SMILES string of the molecule is CCOCC(=O)NC1CCN(C)C(C)C1. The minimum atomic E-state index is 0.0126. The standard InChI is InChI=1S/C11H22N2O2/c1-4-15-8-11(14)12-10-5-6-13(3)9(2)7-10/h9-10H,4-8H2,1-3H3,(H,12,14). The normalized spacial score (nSPS) is 27.7. The van der Waals surface area contributed by atoms with E-state index in [9.17, 15) is 4.79 Å². The van der Waals surface area contributed by atoms with Crippen molar-refractivity contribution < 1.29 is 9.53 Å². The molecule has 1 amide bonds. The van der Waals surface area contributed by atoms with Crippen molar-refractivity contribution in [2.24, 2.45) is 0 Å². The number of ether oxygens (including phenoxy) is 1. The van der Waals surface area contributed by atoms with E-state index in [2.05, 4.69) is 24.2 Å². The van der Waals surface area contributed by atoms with Crippen LogP contribution < -0.4 is 5.32 Å². The molecule has 1 rings (SSSR count). The van der Waals surface area contributed by atoms with Crippen molar-refractivity contribution in [2.45, 2.75) is 38.8 Å². The molecule has 15 heavy (non-hydrogen) atoms. The molecule has 0 radical (unpaired) electrons. The van der Waals surface area contributed by atoms with E-state index in [4.69, 9.17) is 4.74 Å². The first-order chi connectivity index (χ1) is 7.13. The molecule has 0 aliphatic carbocycles. The zero-order chi connectivity index (χ0) is 11.3. The van der Waals surface area contributed by atoms with Gasteiger partial charge in [-0.1, -0.05) is 0 Å². The molecule has 0 aromatic carbocycles. The summed E-state index contributed by atoms with van der Waals surface area (Å²) in [7, 11) is 2.13. The van der Waals surface area contributed by atoms with Crippen LogP contribution in [0.3, 0.4) is 0 Å². The van der Waals surface area contributed by atoms with Crippen LogP contribution >= 0.6 is 0 Å². The summed E-state index contributed by atoms with van der Waals surface area (Å²) in [4.78, 5) is 13.7. The van der Waals surface area contributed by atoms with Crippen molar-refractivity contribution in [2.75, 3.05) is 26.8 Å². The summed E-state index contributed by atoms with van der Waals surface area (Å²) in [6, 6.07) is 0.875. The van der Waals surface area contributed by atoms with Gasteiger partial charge in [0.15, 0.2) is 0 Å². The Balaban J connectivity index is 2.24. The first-order valence-corrected chi connectivity index (χ1v) is 5.70. The molecule has 1 aliphatic heterocycles. The monoisotopic (exact) mass is 214 g/mol. The number of hydrogen-bond acceptors (Lipinski definition) is 3. The van der Waals surface area contributed by atoms with Crippen molar-refractivity contribution in [3.63, 3.8) is 0 Å². The van der Waals surface area contributed by atoms with Gasteiger partial charge in [-0.2, -0.15) is 0 Å². The van der Waals surface area contributed by atoms with Gasteiger partial charge in [0.05, 0.1) is 0 Å². The summed E-state index contributed by atoms with van der Waals surface area (Å²) < 4.78 is 5.06. The Kier molecular flexibility index (Phi) is 5.05. The van der Waals surface area contributed by atoms with E-state index in [1.165, 1.54) is 0 Å². The molecule has 2 unspecified atom stereocenters. The molecule has 1 N–H and O–H groups in total. The molecule has 1 fully saturated rings. The number of piperidine rings is 1. The number of amides is 1. The molecule has 1 saturated heterocycles. The van der Waals surface area contributed by atoms with E-state index in [0.717, 1.165) is 19.4 Å². The van der Waals surface area contributed by atoms with Crippen LogP contribution in [0, 0.1) is 0 Å². The smallest absolute Gasteiger partial charge is 0.246 e. The maximum Gasteiger partial charge on any atom is 0.246 e. The van der Waals surface area contributed by atoms with Crippen LogP contribution in [0.25, 0.3) is 0 Å². The summed E-state index contributed by atoms with van der Waals surface area (Å²) in [5, 5.41) is 3.01. The molecule has 1 aliphatic rings. The number of rotatable bonds is 4. The van der Waals surface area contributed by atoms with Crippen LogP contribution in [0.2, 0.25) is 0 Å². The lowest BCUT2D eigenvalue weighted by Gasteiger charge is -2.35. The molecule has 0 spiro atoms. The molecule has 0 saturated carbocycles. The third-order valence-electron chi connectivity index (χ3n) is 3.01. The molecule has 0 aromatic heterocycles. The number of carbonyl (C=O) groups is 1. The van der Waals surface area contributed by atoms with Gasteiger partial charge in [0.2, 0.25) is 5.91 Å². The molecule has 4 heteroatoms. The average Bonchev–Trinajstić information content (AvgIpc) is 2.20. The van der Waals surface area contributed by atoms with Gasteiger partial charge in [-0.3, -0.25) is 4.79 Å². The summed E-state index contributed by atoms with van der Waals surface area (Å²) in [6.07, 6.45) is 2.08. The summed E-state index contributed by atoms with van der Waals surface area (Å²) in [5.74, 6) is 0.0126. The van der Waals surface area contributed by atoms with E-state index in [-0.39, 0.29) is 12.5 Å². The number of carbonyl (C=O) groups excluding carboxylic acids is 1. The lowest BCUT2D eigenvalue weighted by molar-refractivity contribution is -0.126. The number of likely N-dealkylation sites (tertiary alicyclic amines) is 1. The lowest BCUT2D eigenvalue weighted by Crippen LogP contribution is -2.48. The Morgan fingerprint density at radius 1 is 1.60 bits per heavy atom. The average molecular weight is 214 g/mol. The maximum absolute atomic E-state index is 11.4. The zero-order valence-corrected chi connectivity index (χ0v) is 9.95. The molecule has 88 valence electrons. The van der Waals surface area contributed by atoms with E-state index in [1.54, 1.807) is 0 Å². The summed E-state index contributed by atoms with van der Waals surface area (Å²) in [6.45, 7) is 5.93. The van der Waals surface area contributed by atoms with E-state index in [1.807, 2.05) is 6.92 Å². The van der Waals surface area contributed by atoms with Gasteiger partial charge < -0.3 is 15.0 Å². The fraction of sp³-hybridized carbons (Fsp3) is 0.909. The first-order valence-electron chi connectivity index (χ1n) is 5.70. The van der Waals surface area contributed by atoms with Crippen molar-refractivity contribution >= 4 is 5.91 Å². The molecule has 0 bridgehead atoms. The molecule has 4 nitrogen and oxygen atoms in total. The number of hydrogen-bond donors (Lipinski definition) is 1. The van der Waals surface area contributed by atoms with Crippen LogP contribution in [0.5, 0.6) is 0 Å².